The summed E-state index contributed by atoms with van der Waals surface area (Å²) in [4.78, 5) is 31.6. The number of imide groups is 1. The zero-order valence-corrected chi connectivity index (χ0v) is 9.11. The lowest BCUT2D eigenvalue weighted by Gasteiger charge is -2.17. The highest BCUT2D eigenvalue weighted by atomic mass is 16.2. The Hall–Kier alpha value is -1.65. The fourth-order valence-electron chi connectivity index (χ4n) is 1.86. The van der Waals surface area contributed by atoms with Crippen LogP contribution >= 0.6 is 0 Å². The minimum Gasteiger partial charge on any atom is -0.348 e. The van der Waals surface area contributed by atoms with Gasteiger partial charge in [-0.3, -0.25) is 14.5 Å². The van der Waals surface area contributed by atoms with Crippen molar-refractivity contribution in [2.75, 3.05) is 6.54 Å². The maximum Gasteiger partial charge on any atom is 0.229 e. The van der Waals surface area contributed by atoms with Crippen molar-refractivity contribution in [3.05, 3.63) is 18.2 Å². The molecule has 0 saturated carbocycles. The predicted molar refractivity (Wildman–Crippen MR) is 57.5 cm³/mol. The number of nitrogens with zero attached hydrogens (tertiary/aromatic N) is 2. The molecule has 2 amide bonds. The van der Waals surface area contributed by atoms with Crippen molar-refractivity contribution >= 4 is 11.8 Å². The molecular weight excluding hydrogens is 206 g/mol. The van der Waals surface area contributed by atoms with Crippen LogP contribution in [0, 0.1) is 0 Å². The molecule has 1 aromatic rings. The Balaban J connectivity index is 1.95. The van der Waals surface area contributed by atoms with Gasteiger partial charge in [0.15, 0.2) is 0 Å². The van der Waals surface area contributed by atoms with Crippen molar-refractivity contribution in [3.8, 4) is 0 Å². The van der Waals surface area contributed by atoms with Gasteiger partial charge in [-0.25, -0.2) is 4.98 Å². The van der Waals surface area contributed by atoms with Gasteiger partial charge in [0.25, 0.3) is 0 Å². The second-order valence-electron chi connectivity index (χ2n) is 3.97. The van der Waals surface area contributed by atoms with Crippen LogP contribution in [-0.2, 0) is 16.0 Å². The van der Waals surface area contributed by atoms with Crippen LogP contribution in [0.1, 0.15) is 31.4 Å². The van der Waals surface area contributed by atoms with Crippen molar-refractivity contribution in [2.45, 2.75) is 32.1 Å². The van der Waals surface area contributed by atoms with E-state index in [2.05, 4.69) is 9.97 Å². The number of hydrogen-bond acceptors (Lipinski definition) is 3. The lowest BCUT2D eigenvalue weighted by atomic mass is 10.2. The number of rotatable bonds is 3. The lowest BCUT2D eigenvalue weighted by molar-refractivity contribution is -0.143. The molecule has 1 saturated heterocycles. The average Bonchev–Trinajstić information content (AvgIpc) is 2.72. The molecule has 1 aliphatic rings. The fourth-order valence-corrected chi connectivity index (χ4v) is 1.86. The van der Waals surface area contributed by atoms with Crippen molar-refractivity contribution < 1.29 is 9.59 Å². The number of nitrogens with one attached hydrogen (secondary N) is 1. The quantitative estimate of drug-likeness (QED) is 0.770. The average molecular weight is 221 g/mol. The van der Waals surface area contributed by atoms with Crippen molar-refractivity contribution in [1.29, 1.82) is 0 Å². The van der Waals surface area contributed by atoms with E-state index >= 15 is 0 Å². The molecule has 5 heteroatoms. The molecule has 2 heterocycles. The van der Waals surface area contributed by atoms with Gasteiger partial charge in [-0.1, -0.05) is 0 Å². The van der Waals surface area contributed by atoms with Crippen LogP contribution in [0.4, 0.5) is 0 Å². The summed E-state index contributed by atoms with van der Waals surface area (Å²) < 4.78 is 0. The SMILES string of the molecule is O=C1CCCCC(=O)N1CCc1cnc[nH]1. The number of hydrogen-bond donors (Lipinski definition) is 1. The first-order chi connectivity index (χ1) is 7.77. The number of likely N-dealkylation sites (tertiary alicyclic amines) is 1. The molecule has 0 spiro atoms. The van der Waals surface area contributed by atoms with Gasteiger partial charge in [-0.15, -0.1) is 0 Å². The van der Waals surface area contributed by atoms with Crippen LogP contribution in [0.3, 0.4) is 0 Å². The van der Waals surface area contributed by atoms with E-state index in [1.165, 1.54) is 4.90 Å². The molecule has 86 valence electrons. The van der Waals surface area contributed by atoms with Crippen LogP contribution < -0.4 is 0 Å². The third-order valence-corrected chi connectivity index (χ3v) is 2.79. The topological polar surface area (TPSA) is 66.1 Å². The zero-order chi connectivity index (χ0) is 11.4. The smallest absolute Gasteiger partial charge is 0.229 e. The van der Waals surface area contributed by atoms with E-state index in [1.807, 2.05) is 0 Å². The van der Waals surface area contributed by atoms with Crippen LogP contribution in [0.25, 0.3) is 0 Å². The van der Waals surface area contributed by atoms with E-state index in [0.717, 1.165) is 18.5 Å². The van der Waals surface area contributed by atoms with E-state index in [4.69, 9.17) is 0 Å². The van der Waals surface area contributed by atoms with Gasteiger partial charge in [0.1, 0.15) is 0 Å². The molecule has 0 atom stereocenters. The molecule has 0 bridgehead atoms. The lowest BCUT2D eigenvalue weighted by Crippen LogP contribution is -2.36. The summed E-state index contributed by atoms with van der Waals surface area (Å²) in [6, 6.07) is 0. The fraction of sp³-hybridized carbons (Fsp3) is 0.545. The number of carbonyl (C=O) groups is 2. The van der Waals surface area contributed by atoms with Crippen molar-refractivity contribution in [2.24, 2.45) is 0 Å². The van der Waals surface area contributed by atoms with Gasteiger partial charge in [-0.2, -0.15) is 0 Å². The first kappa shape index (κ1) is 10.9. The molecule has 1 aromatic heterocycles. The maximum atomic E-state index is 11.7. The monoisotopic (exact) mass is 221 g/mol. The first-order valence-electron chi connectivity index (χ1n) is 5.58. The summed E-state index contributed by atoms with van der Waals surface area (Å²) in [6.45, 7) is 0.458. The molecule has 16 heavy (non-hydrogen) atoms. The highest BCUT2D eigenvalue weighted by Gasteiger charge is 2.23. The summed E-state index contributed by atoms with van der Waals surface area (Å²) in [5, 5.41) is 0. The third kappa shape index (κ3) is 2.48. The van der Waals surface area contributed by atoms with Crippen LogP contribution in [-0.4, -0.2) is 33.2 Å². The number of aromatic amines is 1. The standard InChI is InChI=1S/C11H15N3O2/c15-10-3-1-2-4-11(16)14(10)6-5-9-7-12-8-13-9/h7-8H,1-6H2,(H,12,13). The molecule has 1 fully saturated rings. The van der Waals surface area contributed by atoms with Crippen LogP contribution in [0.15, 0.2) is 12.5 Å². The summed E-state index contributed by atoms with van der Waals surface area (Å²) in [5.41, 5.74) is 0.949. The van der Waals surface area contributed by atoms with Gasteiger partial charge >= 0.3 is 0 Å². The third-order valence-electron chi connectivity index (χ3n) is 2.79. The van der Waals surface area contributed by atoms with Gasteiger partial charge in [-0.05, 0) is 12.8 Å². The largest absolute Gasteiger partial charge is 0.348 e. The predicted octanol–water partition coefficient (Wildman–Crippen LogP) is 0.881. The van der Waals surface area contributed by atoms with Gasteiger partial charge in [0.05, 0.1) is 6.33 Å². The number of imidazole rings is 1. The number of H-pyrrole nitrogens is 1. The van der Waals surface area contributed by atoms with Crippen molar-refractivity contribution in [3.63, 3.8) is 0 Å². The van der Waals surface area contributed by atoms with E-state index < -0.39 is 0 Å². The molecule has 0 aliphatic carbocycles. The molecule has 0 unspecified atom stereocenters. The number of carbonyl (C=O) groups excluding carboxylic acids is 2. The van der Waals surface area contributed by atoms with Gasteiger partial charge in [0.2, 0.25) is 11.8 Å². The number of amides is 2. The Morgan fingerprint density at radius 1 is 1.25 bits per heavy atom. The second-order valence-corrected chi connectivity index (χ2v) is 3.97. The zero-order valence-electron chi connectivity index (χ0n) is 9.11. The normalized spacial score (nSPS) is 17.6. The molecule has 1 aliphatic heterocycles. The molecule has 1 N–H and O–H groups in total. The number of aromatic nitrogens is 2. The maximum absolute atomic E-state index is 11.7. The second kappa shape index (κ2) is 4.92. The highest BCUT2D eigenvalue weighted by molar-refractivity contribution is 5.95. The van der Waals surface area contributed by atoms with Crippen LogP contribution in [0.2, 0.25) is 0 Å². The Morgan fingerprint density at radius 2 is 1.94 bits per heavy atom. The van der Waals surface area contributed by atoms with Gasteiger partial charge < -0.3 is 4.98 Å². The Kier molecular flexibility index (Phi) is 3.34. The van der Waals surface area contributed by atoms with Gasteiger partial charge in [0, 0.05) is 37.7 Å². The van der Waals surface area contributed by atoms with E-state index in [0.29, 0.717) is 25.8 Å². The van der Waals surface area contributed by atoms with Crippen molar-refractivity contribution in [1.82, 2.24) is 14.9 Å². The minimum atomic E-state index is -0.0398. The van der Waals surface area contributed by atoms with E-state index in [-0.39, 0.29) is 11.8 Å². The summed E-state index contributed by atoms with van der Waals surface area (Å²) in [6.07, 6.45) is 6.60. The molecule has 0 aromatic carbocycles. The molecule has 2 rings (SSSR count). The molecule has 5 nitrogen and oxygen atoms in total. The van der Waals surface area contributed by atoms with E-state index in [9.17, 15) is 9.59 Å². The minimum absolute atomic E-state index is 0.0398. The first-order valence-corrected chi connectivity index (χ1v) is 5.58. The molecule has 0 radical (unpaired) electrons. The summed E-state index contributed by atoms with van der Waals surface area (Å²) >= 11 is 0. The summed E-state index contributed by atoms with van der Waals surface area (Å²) in [7, 11) is 0. The Bertz CT molecular complexity index is 355. The highest BCUT2D eigenvalue weighted by Crippen LogP contribution is 2.12. The van der Waals surface area contributed by atoms with E-state index in [1.54, 1.807) is 12.5 Å². The van der Waals surface area contributed by atoms with Crippen LogP contribution in [0.5, 0.6) is 0 Å². The Labute approximate surface area is 93.9 Å². The summed E-state index contributed by atoms with van der Waals surface area (Å²) in [5.74, 6) is -0.0796. The Morgan fingerprint density at radius 3 is 2.50 bits per heavy atom. The molecular formula is C11H15N3O2.